The van der Waals surface area contributed by atoms with Gasteiger partial charge in [-0.25, -0.2) is 8.78 Å². The zero-order valence-corrected chi connectivity index (χ0v) is 17.9. The molecule has 2 N–H and O–H groups in total. The minimum absolute atomic E-state index is 0.180. The lowest BCUT2D eigenvalue weighted by Gasteiger charge is -2.18. The van der Waals surface area contributed by atoms with E-state index in [2.05, 4.69) is 15.3 Å². The van der Waals surface area contributed by atoms with Gasteiger partial charge in [0.05, 0.1) is 29.4 Å². The lowest BCUT2D eigenvalue weighted by atomic mass is 9.96. The molecule has 0 saturated carbocycles. The first kappa shape index (κ1) is 20.8. The van der Waals surface area contributed by atoms with Crippen LogP contribution in [0, 0.1) is 11.6 Å². The van der Waals surface area contributed by atoms with E-state index in [1.54, 1.807) is 44.2 Å². The van der Waals surface area contributed by atoms with Crippen molar-refractivity contribution in [3.05, 3.63) is 70.4 Å². The summed E-state index contributed by atoms with van der Waals surface area (Å²) in [6.07, 6.45) is 3.84. The second kappa shape index (κ2) is 7.52. The monoisotopic (exact) mass is 451 g/mol. The SMILES string of the molecule is CC(O)c1cc(-c2cn(C)c(=O)c3[nH]ncc23)c(Oc2ccc(F)cc2F)c2cnn(C)c12. The van der Waals surface area contributed by atoms with Gasteiger partial charge in [-0.3, -0.25) is 14.6 Å². The molecule has 0 saturated heterocycles. The summed E-state index contributed by atoms with van der Waals surface area (Å²) in [5.74, 6) is -1.53. The third-order valence-corrected chi connectivity index (χ3v) is 5.63. The molecule has 33 heavy (non-hydrogen) atoms. The van der Waals surface area contributed by atoms with Crippen molar-refractivity contribution in [2.75, 3.05) is 0 Å². The Labute approximate surface area is 185 Å². The predicted octanol–water partition coefficient (Wildman–Crippen LogP) is 3.94. The molecule has 3 heterocycles. The van der Waals surface area contributed by atoms with Crippen molar-refractivity contribution in [3.63, 3.8) is 0 Å². The maximum absolute atomic E-state index is 14.5. The van der Waals surface area contributed by atoms with Gasteiger partial charge in [-0.1, -0.05) is 0 Å². The number of aromatic amines is 1. The first-order valence-corrected chi connectivity index (χ1v) is 10.1. The smallest absolute Gasteiger partial charge is 0.276 e. The molecule has 2 aromatic carbocycles. The molecule has 8 nitrogen and oxygen atoms in total. The largest absolute Gasteiger partial charge is 0.453 e. The Morgan fingerprint density at radius 1 is 1.12 bits per heavy atom. The van der Waals surface area contributed by atoms with Crippen LogP contribution in [0.3, 0.4) is 0 Å². The maximum atomic E-state index is 14.5. The van der Waals surface area contributed by atoms with E-state index in [9.17, 15) is 18.7 Å². The van der Waals surface area contributed by atoms with E-state index in [-0.39, 0.29) is 17.1 Å². The highest BCUT2D eigenvalue weighted by Gasteiger charge is 2.24. The van der Waals surface area contributed by atoms with Crippen molar-refractivity contribution in [1.29, 1.82) is 0 Å². The number of fused-ring (bicyclic) bond motifs is 2. The van der Waals surface area contributed by atoms with Crippen molar-refractivity contribution >= 4 is 21.8 Å². The van der Waals surface area contributed by atoms with Crippen LogP contribution >= 0.6 is 0 Å². The second-order valence-electron chi connectivity index (χ2n) is 7.84. The van der Waals surface area contributed by atoms with Crippen LogP contribution < -0.4 is 10.3 Å². The number of hydrogen-bond acceptors (Lipinski definition) is 5. The van der Waals surface area contributed by atoms with Crippen LogP contribution in [0.25, 0.3) is 32.9 Å². The average Bonchev–Trinajstić information content (AvgIpc) is 3.40. The fourth-order valence-corrected chi connectivity index (χ4v) is 4.04. The Bertz CT molecular complexity index is 1600. The molecule has 0 radical (unpaired) electrons. The number of H-pyrrole nitrogens is 1. The zero-order chi connectivity index (χ0) is 23.4. The quantitative estimate of drug-likeness (QED) is 0.431. The summed E-state index contributed by atoms with van der Waals surface area (Å²) in [6.45, 7) is 1.62. The van der Waals surface area contributed by atoms with E-state index >= 15 is 0 Å². The number of aliphatic hydroxyl groups is 1. The van der Waals surface area contributed by atoms with Crippen molar-refractivity contribution in [1.82, 2.24) is 24.5 Å². The first-order valence-electron chi connectivity index (χ1n) is 10.1. The van der Waals surface area contributed by atoms with Crippen LogP contribution in [0.15, 0.2) is 47.7 Å². The van der Waals surface area contributed by atoms with Crippen molar-refractivity contribution in [2.45, 2.75) is 13.0 Å². The van der Waals surface area contributed by atoms with Gasteiger partial charge in [0.2, 0.25) is 0 Å². The van der Waals surface area contributed by atoms with E-state index < -0.39 is 17.7 Å². The van der Waals surface area contributed by atoms with Crippen LogP contribution in [-0.2, 0) is 14.1 Å². The molecule has 0 aliphatic heterocycles. The molecule has 0 fully saturated rings. The summed E-state index contributed by atoms with van der Waals surface area (Å²) < 4.78 is 37.0. The molecule has 3 aromatic heterocycles. The van der Waals surface area contributed by atoms with Crippen LogP contribution in [-0.4, -0.2) is 29.7 Å². The number of nitrogens with zero attached hydrogens (tertiary/aromatic N) is 4. The van der Waals surface area contributed by atoms with E-state index in [1.165, 1.54) is 16.8 Å². The Morgan fingerprint density at radius 3 is 2.64 bits per heavy atom. The molecule has 1 atom stereocenters. The van der Waals surface area contributed by atoms with Gasteiger partial charge < -0.3 is 14.4 Å². The fourth-order valence-electron chi connectivity index (χ4n) is 4.04. The van der Waals surface area contributed by atoms with Gasteiger partial charge in [0, 0.05) is 48.4 Å². The molecular formula is C23H19F2N5O3. The van der Waals surface area contributed by atoms with Gasteiger partial charge in [-0.15, -0.1) is 0 Å². The highest BCUT2D eigenvalue weighted by Crippen LogP contribution is 2.44. The number of halogens is 2. The third-order valence-electron chi connectivity index (χ3n) is 5.63. The van der Waals surface area contributed by atoms with Gasteiger partial charge >= 0.3 is 0 Å². The van der Waals surface area contributed by atoms with E-state index in [4.69, 9.17) is 4.74 Å². The molecule has 10 heteroatoms. The zero-order valence-electron chi connectivity index (χ0n) is 17.9. The summed E-state index contributed by atoms with van der Waals surface area (Å²) in [4.78, 5) is 12.5. The molecule has 5 aromatic rings. The summed E-state index contributed by atoms with van der Waals surface area (Å²) in [7, 11) is 3.32. The highest BCUT2D eigenvalue weighted by molar-refractivity contribution is 6.02. The summed E-state index contributed by atoms with van der Waals surface area (Å²) >= 11 is 0. The van der Waals surface area contributed by atoms with Gasteiger partial charge in [0.15, 0.2) is 11.6 Å². The van der Waals surface area contributed by atoms with Gasteiger partial charge in [0.1, 0.15) is 17.1 Å². The number of rotatable bonds is 4. The molecule has 0 bridgehead atoms. The van der Waals surface area contributed by atoms with Crippen molar-refractivity contribution in [3.8, 4) is 22.6 Å². The summed E-state index contributed by atoms with van der Waals surface area (Å²) in [5, 5.41) is 22.6. The predicted molar refractivity (Wildman–Crippen MR) is 118 cm³/mol. The topological polar surface area (TPSA) is 98.0 Å². The van der Waals surface area contributed by atoms with E-state index in [0.717, 1.165) is 12.1 Å². The standard InChI is InChI=1S/C23H19F2N5O3/c1-11(31)13-7-14(17-10-29(2)23(32)20-15(17)8-26-28-20)22(16-9-27-30(3)21(13)16)33-19-5-4-12(24)6-18(19)25/h4-11,31H,1-3H3,(H,26,28). The minimum Gasteiger partial charge on any atom is -0.453 e. The molecule has 0 aliphatic rings. The minimum atomic E-state index is -0.869. The highest BCUT2D eigenvalue weighted by atomic mass is 19.1. The van der Waals surface area contributed by atoms with Crippen LogP contribution in [0.5, 0.6) is 11.5 Å². The fraction of sp³-hybridized carbons (Fsp3) is 0.174. The normalized spacial score (nSPS) is 12.5. The molecule has 5 rings (SSSR count). The number of hydrogen-bond donors (Lipinski definition) is 2. The molecule has 168 valence electrons. The third kappa shape index (κ3) is 3.26. The number of aromatic nitrogens is 5. The first-order chi connectivity index (χ1) is 15.8. The lowest BCUT2D eigenvalue weighted by molar-refractivity contribution is 0.200. The van der Waals surface area contributed by atoms with Crippen LogP contribution in [0.1, 0.15) is 18.6 Å². The van der Waals surface area contributed by atoms with E-state index in [0.29, 0.717) is 38.5 Å². The van der Waals surface area contributed by atoms with E-state index in [1.807, 2.05) is 0 Å². The Kier molecular flexibility index (Phi) is 4.75. The molecular weight excluding hydrogens is 432 g/mol. The maximum Gasteiger partial charge on any atom is 0.276 e. The number of nitrogens with one attached hydrogen (secondary N) is 1. The Hall–Kier alpha value is -4.05. The molecule has 0 spiro atoms. The van der Waals surface area contributed by atoms with Crippen LogP contribution in [0.4, 0.5) is 8.78 Å². The number of benzene rings is 2. The summed E-state index contributed by atoms with van der Waals surface area (Å²) in [5.41, 5.74) is 2.25. The Balaban J connectivity index is 1.89. The molecule has 0 aliphatic carbocycles. The lowest BCUT2D eigenvalue weighted by Crippen LogP contribution is -2.16. The van der Waals surface area contributed by atoms with Gasteiger partial charge in [-0.2, -0.15) is 10.2 Å². The average molecular weight is 451 g/mol. The van der Waals surface area contributed by atoms with Gasteiger partial charge in [-0.05, 0) is 25.1 Å². The second-order valence-corrected chi connectivity index (χ2v) is 7.84. The van der Waals surface area contributed by atoms with Crippen LogP contribution in [0.2, 0.25) is 0 Å². The summed E-state index contributed by atoms with van der Waals surface area (Å²) in [6, 6.07) is 4.76. The van der Waals surface area contributed by atoms with Crippen molar-refractivity contribution in [2.24, 2.45) is 14.1 Å². The molecule has 1 unspecified atom stereocenters. The molecule has 0 amide bonds. The number of aryl methyl sites for hydroxylation is 2. The van der Waals surface area contributed by atoms with Gasteiger partial charge in [0.25, 0.3) is 5.56 Å². The number of ether oxygens (including phenoxy) is 1. The number of aliphatic hydroxyl groups excluding tert-OH is 1. The number of pyridine rings is 1. The van der Waals surface area contributed by atoms with Crippen molar-refractivity contribution < 1.29 is 18.6 Å². The Morgan fingerprint density at radius 2 is 1.91 bits per heavy atom.